The van der Waals surface area contributed by atoms with Crippen LogP contribution in [0.15, 0.2) is 48.1 Å². The number of hydrogen-bond acceptors (Lipinski definition) is 1. The van der Waals surface area contributed by atoms with Crippen molar-refractivity contribution in [2.75, 3.05) is 6.54 Å². The molecule has 0 saturated carbocycles. The first kappa shape index (κ1) is 10.0. The van der Waals surface area contributed by atoms with Crippen LogP contribution in [-0.4, -0.2) is 6.54 Å². The second-order valence-corrected chi connectivity index (χ2v) is 3.17. The van der Waals surface area contributed by atoms with Crippen LogP contribution in [0.3, 0.4) is 0 Å². The van der Waals surface area contributed by atoms with Crippen LogP contribution in [0.25, 0.3) is 0 Å². The van der Waals surface area contributed by atoms with Crippen molar-refractivity contribution >= 4 is 0 Å². The Hall–Kier alpha value is -1.08. The summed E-state index contributed by atoms with van der Waals surface area (Å²) < 4.78 is 0. The molecule has 0 spiro atoms. The zero-order valence-corrected chi connectivity index (χ0v) is 8.00. The van der Waals surface area contributed by atoms with Crippen molar-refractivity contribution in [2.24, 2.45) is 5.73 Å². The van der Waals surface area contributed by atoms with E-state index in [2.05, 4.69) is 18.7 Å². The molecule has 0 saturated heterocycles. The van der Waals surface area contributed by atoms with Crippen molar-refractivity contribution < 1.29 is 0 Å². The number of allylic oxidation sites excluding steroid dienone is 6. The Balaban J connectivity index is 2.56. The molecule has 1 aliphatic rings. The molecule has 0 aromatic rings. The van der Waals surface area contributed by atoms with Gasteiger partial charge in [-0.1, -0.05) is 42.5 Å². The van der Waals surface area contributed by atoms with Crippen LogP contribution >= 0.6 is 0 Å². The third-order valence-electron chi connectivity index (χ3n) is 2.28. The third-order valence-corrected chi connectivity index (χ3v) is 2.28. The standard InChI is InChI=1S/C12H17N/c1-2-3-4-5-7-11-8-6-9-12(11)10-13/h2-5,7H,1,6,8-10,13H2/b4-3+,7-5+. The van der Waals surface area contributed by atoms with E-state index in [9.17, 15) is 0 Å². The van der Waals surface area contributed by atoms with Gasteiger partial charge in [-0.05, 0) is 24.8 Å². The van der Waals surface area contributed by atoms with E-state index in [4.69, 9.17) is 5.73 Å². The zero-order chi connectivity index (χ0) is 9.52. The summed E-state index contributed by atoms with van der Waals surface area (Å²) in [5, 5.41) is 0. The number of rotatable bonds is 4. The summed E-state index contributed by atoms with van der Waals surface area (Å²) in [4.78, 5) is 0. The highest BCUT2D eigenvalue weighted by molar-refractivity contribution is 5.32. The fraction of sp³-hybridized carbons (Fsp3) is 0.333. The van der Waals surface area contributed by atoms with E-state index in [0.717, 1.165) is 0 Å². The Morgan fingerprint density at radius 1 is 1.23 bits per heavy atom. The van der Waals surface area contributed by atoms with Gasteiger partial charge in [-0.3, -0.25) is 0 Å². The summed E-state index contributed by atoms with van der Waals surface area (Å²) >= 11 is 0. The first-order chi connectivity index (χ1) is 6.38. The van der Waals surface area contributed by atoms with Crippen LogP contribution in [0, 0.1) is 0 Å². The Kier molecular flexibility index (Phi) is 4.27. The summed E-state index contributed by atoms with van der Waals surface area (Å²) in [6.07, 6.45) is 13.5. The normalized spacial score (nSPS) is 17.9. The summed E-state index contributed by atoms with van der Waals surface area (Å²) in [6.45, 7) is 4.32. The minimum absolute atomic E-state index is 0.713. The first-order valence-electron chi connectivity index (χ1n) is 4.75. The molecule has 0 fully saturated rings. The average molecular weight is 175 g/mol. The van der Waals surface area contributed by atoms with Crippen molar-refractivity contribution in [2.45, 2.75) is 19.3 Å². The van der Waals surface area contributed by atoms with Gasteiger partial charge in [0, 0.05) is 6.54 Å². The van der Waals surface area contributed by atoms with E-state index < -0.39 is 0 Å². The van der Waals surface area contributed by atoms with E-state index >= 15 is 0 Å². The lowest BCUT2D eigenvalue weighted by atomic mass is 10.1. The van der Waals surface area contributed by atoms with E-state index in [1.807, 2.05) is 12.2 Å². The molecule has 2 N–H and O–H groups in total. The average Bonchev–Trinajstić information content (AvgIpc) is 2.60. The van der Waals surface area contributed by atoms with Crippen LogP contribution < -0.4 is 5.73 Å². The lowest BCUT2D eigenvalue weighted by Gasteiger charge is -1.97. The van der Waals surface area contributed by atoms with Crippen molar-refractivity contribution in [3.8, 4) is 0 Å². The van der Waals surface area contributed by atoms with Crippen LogP contribution in [0.4, 0.5) is 0 Å². The number of nitrogens with two attached hydrogens (primary N) is 1. The van der Waals surface area contributed by atoms with Gasteiger partial charge in [0.15, 0.2) is 0 Å². The van der Waals surface area contributed by atoms with Gasteiger partial charge in [0.2, 0.25) is 0 Å². The molecule has 0 amide bonds. The predicted octanol–water partition coefficient (Wildman–Crippen LogP) is 2.72. The topological polar surface area (TPSA) is 26.0 Å². The molecule has 1 heteroatoms. The highest BCUT2D eigenvalue weighted by Gasteiger charge is 2.09. The fourth-order valence-corrected chi connectivity index (χ4v) is 1.58. The lowest BCUT2D eigenvalue weighted by molar-refractivity contribution is 0.885. The van der Waals surface area contributed by atoms with E-state index in [1.54, 1.807) is 6.08 Å². The van der Waals surface area contributed by atoms with Gasteiger partial charge in [0.05, 0.1) is 0 Å². The highest BCUT2D eigenvalue weighted by Crippen LogP contribution is 2.25. The second-order valence-electron chi connectivity index (χ2n) is 3.17. The van der Waals surface area contributed by atoms with Crippen LogP contribution in [0.1, 0.15) is 19.3 Å². The van der Waals surface area contributed by atoms with Gasteiger partial charge in [-0.25, -0.2) is 0 Å². The first-order valence-corrected chi connectivity index (χ1v) is 4.75. The SMILES string of the molecule is C=C/C=C/C=C/C1=C(CN)CCC1. The van der Waals surface area contributed by atoms with Crippen LogP contribution in [0.2, 0.25) is 0 Å². The maximum absolute atomic E-state index is 5.63. The Bertz CT molecular complexity index is 256. The van der Waals surface area contributed by atoms with Crippen LogP contribution in [0.5, 0.6) is 0 Å². The summed E-state index contributed by atoms with van der Waals surface area (Å²) in [5.41, 5.74) is 8.48. The number of hydrogen-bond donors (Lipinski definition) is 1. The highest BCUT2D eigenvalue weighted by atomic mass is 14.5. The second kappa shape index (κ2) is 5.55. The maximum Gasteiger partial charge on any atom is 0.0142 e. The van der Waals surface area contributed by atoms with Crippen molar-refractivity contribution in [1.82, 2.24) is 0 Å². The summed E-state index contributed by atoms with van der Waals surface area (Å²) in [6, 6.07) is 0. The van der Waals surface area contributed by atoms with Gasteiger partial charge >= 0.3 is 0 Å². The molecule has 1 aliphatic carbocycles. The molecule has 1 nitrogen and oxygen atoms in total. The Morgan fingerprint density at radius 2 is 2.08 bits per heavy atom. The van der Waals surface area contributed by atoms with Crippen LogP contribution in [-0.2, 0) is 0 Å². The fourth-order valence-electron chi connectivity index (χ4n) is 1.58. The van der Waals surface area contributed by atoms with Gasteiger partial charge in [0.1, 0.15) is 0 Å². The molecule has 0 aliphatic heterocycles. The van der Waals surface area contributed by atoms with E-state index in [0.29, 0.717) is 6.54 Å². The minimum Gasteiger partial charge on any atom is -0.327 e. The van der Waals surface area contributed by atoms with E-state index in [1.165, 1.54) is 30.4 Å². The van der Waals surface area contributed by atoms with Gasteiger partial charge in [-0.15, -0.1) is 0 Å². The quantitative estimate of drug-likeness (QED) is 0.653. The molecule has 0 radical (unpaired) electrons. The molecule has 13 heavy (non-hydrogen) atoms. The van der Waals surface area contributed by atoms with E-state index in [-0.39, 0.29) is 0 Å². The molecule has 0 unspecified atom stereocenters. The Labute approximate surface area is 80.3 Å². The van der Waals surface area contributed by atoms with Gasteiger partial charge in [-0.2, -0.15) is 0 Å². The minimum atomic E-state index is 0.713. The Morgan fingerprint density at radius 3 is 2.77 bits per heavy atom. The van der Waals surface area contributed by atoms with Crippen molar-refractivity contribution in [3.63, 3.8) is 0 Å². The predicted molar refractivity (Wildman–Crippen MR) is 58.4 cm³/mol. The third kappa shape index (κ3) is 3.03. The largest absolute Gasteiger partial charge is 0.327 e. The summed E-state index contributed by atoms with van der Waals surface area (Å²) in [7, 11) is 0. The molecular formula is C12H17N. The molecule has 0 aromatic heterocycles. The molecule has 70 valence electrons. The maximum atomic E-state index is 5.63. The van der Waals surface area contributed by atoms with Crippen molar-refractivity contribution in [1.29, 1.82) is 0 Å². The van der Waals surface area contributed by atoms with Gasteiger partial charge < -0.3 is 5.73 Å². The smallest absolute Gasteiger partial charge is 0.0142 e. The molecule has 0 heterocycles. The molecule has 0 atom stereocenters. The molecular weight excluding hydrogens is 158 g/mol. The summed E-state index contributed by atoms with van der Waals surface area (Å²) in [5.74, 6) is 0. The lowest BCUT2D eigenvalue weighted by Crippen LogP contribution is -2.01. The zero-order valence-electron chi connectivity index (χ0n) is 8.00. The molecule has 0 bridgehead atoms. The molecule has 0 aromatic carbocycles. The van der Waals surface area contributed by atoms with Crippen molar-refractivity contribution in [3.05, 3.63) is 48.1 Å². The van der Waals surface area contributed by atoms with Gasteiger partial charge in [0.25, 0.3) is 0 Å². The molecule has 1 rings (SSSR count). The monoisotopic (exact) mass is 175 g/mol.